The van der Waals surface area contributed by atoms with Crippen molar-refractivity contribution >= 4 is 21.7 Å². The van der Waals surface area contributed by atoms with Crippen LogP contribution in [0.4, 0.5) is 0 Å². The third-order valence-electron chi connectivity index (χ3n) is 2.91. The molecule has 1 aliphatic rings. The van der Waals surface area contributed by atoms with Crippen LogP contribution in [0, 0.1) is 5.92 Å². The van der Waals surface area contributed by atoms with Crippen LogP contribution in [-0.2, 0) is 10.1 Å². The topological polar surface area (TPSA) is 54.4 Å². The summed E-state index contributed by atoms with van der Waals surface area (Å²) in [4.78, 5) is 0. The quantitative estimate of drug-likeness (QED) is 0.456. The summed E-state index contributed by atoms with van der Waals surface area (Å²) in [6.45, 7) is 3.88. The molecule has 0 radical (unpaired) electrons. The molecule has 0 amide bonds. The molecule has 0 saturated heterocycles. The van der Waals surface area contributed by atoms with E-state index >= 15 is 0 Å². The molecular formula is C9H15ClO3S. The van der Waals surface area contributed by atoms with Crippen LogP contribution in [0.3, 0.4) is 0 Å². The van der Waals surface area contributed by atoms with E-state index in [0.717, 1.165) is 5.57 Å². The van der Waals surface area contributed by atoms with Crippen LogP contribution in [0.1, 0.15) is 26.7 Å². The smallest absolute Gasteiger partial charge is 0.268 e. The minimum atomic E-state index is -3.96. The Kier molecular flexibility index (Phi) is 3.61. The van der Waals surface area contributed by atoms with E-state index < -0.39 is 15.4 Å². The van der Waals surface area contributed by atoms with Gasteiger partial charge in [-0.2, -0.15) is 8.42 Å². The van der Waals surface area contributed by atoms with Crippen LogP contribution in [0.15, 0.2) is 11.1 Å². The van der Waals surface area contributed by atoms with Crippen LogP contribution < -0.4 is 0 Å². The van der Waals surface area contributed by atoms with E-state index in [4.69, 9.17) is 16.2 Å². The van der Waals surface area contributed by atoms with Gasteiger partial charge < -0.3 is 0 Å². The van der Waals surface area contributed by atoms with Crippen molar-refractivity contribution in [3.05, 3.63) is 11.1 Å². The summed E-state index contributed by atoms with van der Waals surface area (Å²) in [6.07, 6.45) is 1.07. The molecule has 2 atom stereocenters. The molecule has 0 aromatic rings. The highest BCUT2D eigenvalue weighted by Gasteiger charge is 2.35. The van der Waals surface area contributed by atoms with Gasteiger partial charge in [-0.25, -0.2) is 0 Å². The van der Waals surface area contributed by atoms with Gasteiger partial charge in [-0.15, -0.1) is 11.6 Å². The van der Waals surface area contributed by atoms with Gasteiger partial charge in [-0.1, -0.05) is 11.1 Å². The zero-order valence-corrected chi connectivity index (χ0v) is 9.90. The van der Waals surface area contributed by atoms with Crippen LogP contribution >= 0.6 is 11.6 Å². The maximum Gasteiger partial charge on any atom is 0.268 e. The number of alkyl halides is 1. The van der Waals surface area contributed by atoms with Crippen molar-refractivity contribution in [3.63, 3.8) is 0 Å². The van der Waals surface area contributed by atoms with Gasteiger partial charge in [0.25, 0.3) is 10.1 Å². The summed E-state index contributed by atoms with van der Waals surface area (Å²) in [5, 5.41) is -0.719. The van der Waals surface area contributed by atoms with Crippen LogP contribution in [0.25, 0.3) is 0 Å². The maximum atomic E-state index is 11.1. The van der Waals surface area contributed by atoms with Gasteiger partial charge in [-0.05, 0) is 32.6 Å². The molecule has 0 saturated carbocycles. The number of allylic oxidation sites excluding steroid dienone is 2. The van der Waals surface area contributed by atoms with Crippen LogP contribution in [-0.4, -0.2) is 24.1 Å². The molecule has 0 aromatic carbocycles. The molecule has 0 bridgehead atoms. The summed E-state index contributed by atoms with van der Waals surface area (Å²) >= 11 is 5.70. The fourth-order valence-electron chi connectivity index (χ4n) is 1.84. The van der Waals surface area contributed by atoms with E-state index in [1.54, 1.807) is 0 Å². The first-order chi connectivity index (χ1) is 6.36. The summed E-state index contributed by atoms with van der Waals surface area (Å²) in [7, 11) is -3.96. The van der Waals surface area contributed by atoms with Crippen molar-refractivity contribution in [2.75, 3.05) is 5.88 Å². The average Bonchev–Trinajstić information content (AvgIpc) is 2.07. The highest BCUT2D eigenvalue weighted by atomic mass is 35.5. The third-order valence-corrected chi connectivity index (χ3v) is 4.62. The number of hydrogen-bond donors (Lipinski definition) is 1. The third kappa shape index (κ3) is 2.49. The Bertz CT molecular complexity index is 345. The van der Waals surface area contributed by atoms with Crippen molar-refractivity contribution in [3.8, 4) is 0 Å². The number of rotatable bonds is 2. The highest BCUT2D eigenvalue weighted by Crippen LogP contribution is 2.33. The zero-order valence-electron chi connectivity index (χ0n) is 8.33. The van der Waals surface area contributed by atoms with Crippen molar-refractivity contribution in [2.45, 2.75) is 31.9 Å². The molecule has 1 N–H and O–H groups in total. The molecule has 14 heavy (non-hydrogen) atoms. The van der Waals surface area contributed by atoms with Gasteiger partial charge in [0.05, 0.1) is 5.25 Å². The Morgan fingerprint density at radius 3 is 2.29 bits per heavy atom. The molecule has 0 spiro atoms. The standard InChI is InChI=1S/C9H15ClO3S/c1-6-3-8(5-10)9(4-7(6)2)14(11,12)13/h8-9H,3-5H2,1-2H3,(H,11,12,13). The lowest BCUT2D eigenvalue weighted by molar-refractivity contribution is 0.418. The number of hydrogen-bond acceptors (Lipinski definition) is 2. The summed E-state index contributed by atoms with van der Waals surface area (Å²) < 4.78 is 31.2. The second-order valence-electron chi connectivity index (χ2n) is 3.94. The average molecular weight is 239 g/mol. The van der Waals surface area contributed by atoms with Gasteiger partial charge in [0.1, 0.15) is 0 Å². The Morgan fingerprint density at radius 2 is 1.86 bits per heavy atom. The van der Waals surface area contributed by atoms with E-state index in [1.165, 1.54) is 5.57 Å². The minimum absolute atomic E-state index is 0.157. The van der Waals surface area contributed by atoms with Gasteiger partial charge in [0, 0.05) is 5.88 Å². The predicted molar refractivity (Wildman–Crippen MR) is 57.2 cm³/mol. The van der Waals surface area contributed by atoms with E-state index in [-0.39, 0.29) is 11.8 Å². The first-order valence-corrected chi connectivity index (χ1v) is 6.57. The molecule has 82 valence electrons. The van der Waals surface area contributed by atoms with E-state index in [1.807, 2.05) is 13.8 Å². The largest absolute Gasteiger partial charge is 0.285 e. The van der Waals surface area contributed by atoms with E-state index in [2.05, 4.69) is 0 Å². The maximum absolute atomic E-state index is 11.1. The Morgan fingerprint density at radius 1 is 1.36 bits per heavy atom. The van der Waals surface area contributed by atoms with Crippen molar-refractivity contribution in [1.29, 1.82) is 0 Å². The lowest BCUT2D eigenvalue weighted by atomic mass is 9.86. The van der Waals surface area contributed by atoms with Gasteiger partial charge in [-0.3, -0.25) is 4.55 Å². The molecule has 0 heterocycles. The lowest BCUT2D eigenvalue weighted by Gasteiger charge is -2.29. The summed E-state index contributed by atoms with van der Waals surface area (Å²) in [6, 6.07) is 0. The van der Waals surface area contributed by atoms with Crippen LogP contribution in [0.2, 0.25) is 0 Å². The van der Waals surface area contributed by atoms with Gasteiger partial charge in [0.15, 0.2) is 0 Å². The number of halogens is 1. The normalized spacial score (nSPS) is 29.4. The van der Waals surface area contributed by atoms with Crippen molar-refractivity contribution < 1.29 is 13.0 Å². The van der Waals surface area contributed by atoms with Gasteiger partial charge >= 0.3 is 0 Å². The fourth-order valence-corrected chi connectivity index (χ4v) is 3.41. The van der Waals surface area contributed by atoms with E-state index in [9.17, 15) is 8.42 Å². The zero-order chi connectivity index (χ0) is 10.9. The Hall–Kier alpha value is -0.0600. The molecular weight excluding hydrogens is 224 g/mol. The van der Waals surface area contributed by atoms with E-state index in [0.29, 0.717) is 12.8 Å². The molecule has 2 unspecified atom stereocenters. The van der Waals surface area contributed by atoms with Gasteiger partial charge in [0.2, 0.25) is 0 Å². The second-order valence-corrected chi connectivity index (χ2v) is 5.88. The first-order valence-electron chi connectivity index (χ1n) is 4.53. The Labute approximate surface area is 89.9 Å². The van der Waals surface area contributed by atoms with Crippen LogP contribution in [0.5, 0.6) is 0 Å². The minimum Gasteiger partial charge on any atom is -0.285 e. The molecule has 0 aromatic heterocycles. The molecule has 0 fully saturated rings. The summed E-state index contributed by atoms with van der Waals surface area (Å²) in [5.41, 5.74) is 2.24. The molecule has 0 aliphatic heterocycles. The molecule has 5 heteroatoms. The van der Waals surface area contributed by atoms with Crippen molar-refractivity contribution in [1.82, 2.24) is 0 Å². The predicted octanol–water partition coefficient (Wildman–Crippen LogP) is 2.23. The Balaban J connectivity index is 2.98. The first kappa shape index (κ1) is 12.0. The highest BCUT2D eigenvalue weighted by molar-refractivity contribution is 7.86. The monoisotopic (exact) mass is 238 g/mol. The van der Waals surface area contributed by atoms with Crippen molar-refractivity contribution in [2.24, 2.45) is 5.92 Å². The molecule has 1 aliphatic carbocycles. The lowest BCUT2D eigenvalue weighted by Crippen LogP contribution is -2.34. The summed E-state index contributed by atoms with van der Waals surface area (Å²) in [5.74, 6) is 0.116. The molecule has 3 nitrogen and oxygen atoms in total. The fraction of sp³-hybridized carbons (Fsp3) is 0.778. The second kappa shape index (κ2) is 4.21. The SMILES string of the molecule is CC1=C(C)CC(S(=O)(=O)O)C(CCl)C1. The molecule has 1 rings (SSSR count).